The zero-order chi connectivity index (χ0) is 11.8. The van der Waals surface area contributed by atoms with Crippen LogP contribution < -0.4 is 5.56 Å². The van der Waals surface area contributed by atoms with Crippen molar-refractivity contribution in [3.05, 3.63) is 51.9 Å². The van der Waals surface area contributed by atoms with Gasteiger partial charge in [0.05, 0.1) is 11.7 Å². The zero-order valence-electron chi connectivity index (χ0n) is 9.23. The molecule has 4 heteroatoms. The summed E-state index contributed by atoms with van der Waals surface area (Å²) in [5.41, 5.74) is 3.15. The number of aromatic nitrogens is 2. The Balaban J connectivity index is 2.40. The van der Waals surface area contributed by atoms with Gasteiger partial charge in [0.15, 0.2) is 0 Å². The Morgan fingerprint density at radius 1 is 1.24 bits per heavy atom. The maximum Gasteiger partial charge on any atom is 0.260 e. The summed E-state index contributed by atoms with van der Waals surface area (Å²) in [7, 11) is 0. The Bertz CT molecular complexity index is 742. The van der Waals surface area contributed by atoms with Crippen LogP contribution in [0.25, 0.3) is 21.3 Å². The summed E-state index contributed by atoms with van der Waals surface area (Å²) in [5.74, 6) is 0. The van der Waals surface area contributed by atoms with Crippen molar-refractivity contribution < 1.29 is 0 Å². The van der Waals surface area contributed by atoms with E-state index in [1.807, 2.05) is 36.6 Å². The molecule has 0 aliphatic rings. The van der Waals surface area contributed by atoms with Gasteiger partial charge < -0.3 is 4.98 Å². The van der Waals surface area contributed by atoms with Crippen LogP contribution in [0.15, 0.2) is 40.8 Å². The average molecular weight is 242 g/mol. The first-order chi connectivity index (χ1) is 8.27. The minimum absolute atomic E-state index is 0.0745. The SMILES string of the molecule is Cc1ccccc1-c1csc2nc[nH]c(=O)c12. The van der Waals surface area contributed by atoms with Crippen LogP contribution in [0.2, 0.25) is 0 Å². The number of thiophene rings is 1. The van der Waals surface area contributed by atoms with Gasteiger partial charge in [-0.15, -0.1) is 11.3 Å². The minimum Gasteiger partial charge on any atom is -0.313 e. The molecule has 0 saturated heterocycles. The van der Waals surface area contributed by atoms with E-state index in [4.69, 9.17) is 0 Å². The number of nitrogens with zero attached hydrogens (tertiary/aromatic N) is 1. The van der Waals surface area contributed by atoms with Crippen molar-refractivity contribution in [3.63, 3.8) is 0 Å². The molecule has 0 spiro atoms. The van der Waals surface area contributed by atoms with E-state index in [0.717, 1.165) is 21.5 Å². The number of nitrogens with one attached hydrogen (secondary N) is 1. The molecule has 0 aliphatic heterocycles. The van der Waals surface area contributed by atoms with Gasteiger partial charge in [-0.25, -0.2) is 4.98 Å². The predicted octanol–water partition coefficient (Wildman–Crippen LogP) is 2.96. The first-order valence-electron chi connectivity index (χ1n) is 5.28. The molecule has 1 N–H and O–H groups in total. The van der Waals surface area contributed by atoms with E-state index >= 15 is 0 Å². The molecule has 2 heterocycles. The molecule has 3 rings (SSSR count). The third kappa shape index (κ3) is 1.57. The maximum absolute atomic E-state index is 11.9. The van der Waals surface area contributed by atoms with Gasteiger partial charge in [0, 0.05) is 10.9 Å². The lowest BCUT2D eigenvalue weighted by atomic mass is 10.0. The molecular weight excluding hydrogens is 232 g/mol. The maximum atomic E-state index is 11.9. The monoisotopic (exact) mass is 242 g/mol. The number of hydrogen-bond donors (Lipinski definition) is 1. The number of H-pyrrole nitrogens is 1. The van der Waals surface area contributed by atoms with Crippen LogP contribution in [0.1, 0.15) is 5.56 Å². The van der Waals surface area contributed by atoms with Gasteiger partial charge in [-0.1, -0.05) is 24.3 Å². The number of rotatable bonds is 1. The van der Waals surface area contributed by atoms with Crippen molar-refractivity contribution in [2.75, 3.05) is 0 Å². The van der Waals surface area contributed by atoms with Crippen LogP contribution in [0.3, 0.4) is 0 Å². The molecular formula is C13H10N2OS. The number of benzene rings is 1. The normalized spacial score (nSPS) is 10.9. The Morgan fingerprint density at radius 2 is 2.06 bits per heavy atom. The number of fused-ring (bicyclic) bond motifs is 1. The fraction of sp³-hybridized carbons (Fsp3) is 0.0769. The highest BCUT2D eigenvalue weighted by molar-refractivity contribution is 7.17. The van der Waals surface area contributed by atoms with Gasteiger partial charge in [0.2, 0.25) is 0 Å². The van der Waals surface area contributed by atoms with Crippen molar-refractivity contribution in [2.45, 2.75) is 6.92 Å². The smallest absolute Gasteiger partial charge is 0.260 e. The first-order valence-corrected chi connectivity index (χ1v) is 6.16. The van der Waals surface area contributed by atoms with Gasteiger partial charge in [0.25, 0.3) is 5.56 Å². The predicted molar refractivity (Wildman–Crippen MR) is 70.4 cm³/mol. The molecule has 0 amide bonds. The fourth-order valence-electron chi connectivity index (χ4n) is 1.96. The summed E-state index contributed by atoms with van der Waals surface area (Å²) in [5, 5.41) is 2.68. The topological polar surface area (TPSA) is 45.8 Å². The van der Waals surface area contributed by atoms with E-state index in [0.29, 0.717) is 5.39 Å². The summed E-state index contributed by atoms with van der Waals surface area (Å²) in [6, 6.07) is 8.05. The summed E-state index contributed by atoms with van der Waals surface area (Å²) in [6.07, 6.45) is 1.45. The van der Waals surface area contributed by atoms with Crippen LogP contribution in [-0.2, 0) is 0 Å². The van der Waals surface area contributed by atoms with Gasteiger partial charge >= 0.3 is 0 Å². The van der Waals surface area contributed by atoms with Crippen LogP contribution in [-0.4, -0.2) is 9.97 Å². The van der Waals surface area contributed by atoms with Gasteiger partial charge in [-0.2, -0.15) is 0 Å². The van der Waals surface area contributed by atoms with E-state index < -0.39 is 0 Å². The second-order valence-corrected chi connectivity index (χ2v) is 4.73. The van der Waals surface area contributed by atoms with E-state index in [1.165, 1.54) is 17.7 Å². The van der Waals surface area contributed by atoms with E-state index in [2.05, 4.69) is 9.97 Å². The molecule has 2 aromatic heterocycles. The number of aromatic amines is 1. The van der Waals surface area contributed by atoms with Gasteiger partial charge in [-0.3, -0.25) is 4.79 Å². The Hall–Kier alpha value is -1.94. The lowest BCUT2D eigenvalue weighted by Gasteiger charge is -2.02. The largest absolute Gasteiger partial charge is 0.313 e. The molecule has 1 aromatic carbocycles. The first kappa shape index (κ1) is 10.2. The standard InChI is InChI=1S/C13H10N2OS/c1-8-4-2-3-5-9(8)10-6-17-13-11(10)12(16)14-7-15-13/h2-7H,1H3,(H,14,15,16). The average Bonchev–Trinajstić information content (AvgIpc) is 2.75. The molecule has 0 fully saturated rings. The van der Waals surface area contributed by atoms with Crippen molar-refractivity contribution in [1.82, 2.24) is 9.97 Å². The minimum atomic E-state index is -0.0745. The third-order valence-corrected chi connectivity index (χ3v) is 3.70. The highest BCUT2D eigenvalue weighted by Crippen LogP contribution is 2.31. The van der Waals surface area contributed by atoms with Crippen LogP contribution in [0.4, 0.5) is 0 Å². The molecule has 84 valence electrons. The Labute approximate surface area is 102 Å². The molecule has 0 atom stereocenters. The summed E-state index contributed by atoms with van der Waals surface area (Å²) in [6.45, 7) is 2.05. The number of aryl methyl sites for hydroxylation is 1. The number of hydrogen-bond acceptors (Lipinski definition) is 3. The van der Waals surface area contributed by atoms with Crippen molar-refractivity contribution >= 4 is 21.6 Å². The lowest BCUT2D eigenvalue weighted by Crippen LogP contribution is -2.05. The molecule has 0 saturated carbocycles. The molecule has 0 radical (unpaired) electrons. The highest BCUT2D eigenvalue weighted by Gasteiger charge is 2.11. The van der Waals surface area contributed by atoms with Crippen molar-refractivity contribution in [2.24, 2.45) is 0 Å². The molecule has 0 aliphatic carbocycles. The van der Waals surface area contributed by atoms with Crippen LogP contribution >= 0.6 is 11.3 Å². The molecule has 3 nitrogen and oxygen atoms in total. The molecule has 3 aromatic rings. The van der Waals surface area contributed by atoms with E-state index in [-0.39, 0.29) is 5.56 Å². The Morgan fingerprint density at radius 3 is 2.88 bits per heavy atom. The quantitative estimate of drug-likeness (QED) is 0.713. The van der Waals surface area contributed by atoms with Gasteiger partial charge in [-0.05, 0) is 18.1 Å². The van der Waals surface area contributed by atoms with Crippen molar-refractivity contribution in [1.29, 1.82) is 0 Å². The van der Waals surface area contributed by atoms with Crippen molar-refractivity contribution in [3.8, 4) is 11.1 Å². The zero-order valence-corrected chi connectivity index (χ0v) is 10.0. The second-order valence-electron chi connectivity index (χ2n) is 3.88. The highest BCUT2D eigenvalue weighted by atomic mass is 32.1. The summed E-state index contributed by atoms with van der Waals surface area (Å²) < 4.78 is 0. The van der Waals surface area contributed by atoms with E-state index in [9.17, 15) is 4.79 Å². The lowest BCUT2D eigenvalue weighted by molar-refractivity contribution is 1.18. The summed E-state index contributed by atoms with van der Waals surface area (Å²) in [4.78, 5) is 19.5. The second kappa shape index (κ2) is 3.82. The Kier molecular flexibility index (Phi) is 2.30. The van der Waals surface area contributed by atoms with Gasteiger partial charge in [0.1, 0.15) is 4.83 Å². The summed E-state index contributed by atoms with van der Waals surface area (Å²) >= 11 is 1.50. The fourth-order valence-corrected chi connectivity index (χ4v) is 2.87. The van der Waals surface area contributed by atoms with E-state index in [1.54, 1.807) is 0 Å². The molecule has 0 bridgehead atoms. The van der Waals surface area contributed by atoms with Crippen LogP contribution in [0, 0.1) is 6.92 Å². The third-order valence-electron chi connectivity index (χ3n) is 2.81. The van der Waals surface area contributed by atoms with Crippen LogP contribution in [0.5, 0.6) is 0 Å². The molecule has 17 heavy (non-hydrogen) atoms. The molecule has 0 unspecified atom stereocenters.